The van der Waals surface area contributed by atoms with E-state index >= 15 is 0 Å². The molecule has 4 aliphatic rings. The molecule has 1 heterocycles. The summed E-state index contributed by atoms with van der Waals surface area (Å²) in [6, 6.07) is 0. The maximum atomic E-state index is 11.2. The molecule has 9 heteroatoms. The fraction of sp³-hybridized carbons (Fsp3) is 0.762. The van der Waals surface area contributed by atoms with Gasteiger partial charge in [-0.05, 0) is 84.3 Å². The van der Waals surface area contributed by atoms with Crippen LogP contribution < -0.4 is 0 Å². The number of carbonyl (C=O) groups is 2. The first kappa shape index (κ1) is 21.9. The van der Waals surface area contributed by atoms with E-state index in [1.807, 2.05) is 6.20 Å². The number of nitrogens with zero attached hydrogens (tertiary/aromatic N) is 3. The highest BCUT2D eigenvalue weighted by Gasteiger charge is 2.66. The first-order chi connectivity index (χ1) is 13.9. The molecule has 0 saturated heterocycles. The van der Waals surface area contributed by atoms with Crippen molar-refractivity contribution >= 4 is 34.8 Å². The van der Waals surface area contributed by atoms with Crippen molar-refractivity contribution in [3.8, 4) is 0 Å². The molecule has 1 aromatic heterocycles. The summed E-state index contributed by atoms with van der Waals surface area (Å²) in [4.78, 5) is 22.7. The molecular formula is C21H30IN3O5. The fourth-order valence-corrected chi connectivity index (χ4v) is 8.08. The zero-order valence-corrected chi connectivity index (χ0v) is 19.9. The van der Waals surface area contributed by atoms with Crippen LogP contribution in [0.5, 0.6) is 0 Å². The highest BCUT2D eigenvalue weighted by atomic mass is 127. The number of amides is 2. The molecule has 8 nitrogen and oxygen atoms in total. The lowest BCUT2D eigenvalue weighted by Crippen LogP contribution is -2.64. The number of carboxylic acid groups (broad SMARTS) is 2. The highest BCUT2D eigenvalue weighted by molar-refractivity contribution is 14.1. The monoisotopic (exact) mass is 531 g/mol. The van der Waals surface area contributed by atoms with Crippen molar-refractivity contribution in [2.45, 2.75) is 71.4 Å². The van der Waals surface area contributed by atoms with Gasteiger partial charge in [0, 0.05) is 12.2 Å². The third-order valence-corrected chi connectivity index (χ3v) is 8.42. The van der Waals surface area contributed by atoms with Crippen LogP contribution in [0.1, 0.15) is 58.1 Å². The molecule has 0 aliphatic heterocycles. The minimum atomic E-state index is -1.46. The van der Waals surface area contributed by atoms with E-state index in [0.29, 0.717) is 4.90 Å². The maximum absolute atomic E-state index is 11.2. The van der Waals surface area contributed by atoms with E-state index in [0.717, 1.165) is 38.6 Å². The molecule has 0 spiro atoms. The van der Waals surface area contributed by atoms with Crippen molar-refractivity contribution in [2.75, 3.05) is 13.2 Å². The fourth-order valence-electron chi connectivity index (χ4n) is 7.68. The number of imide groups is 1. The average molecular weight is 531 g/mol. The van der Waals surface area contributed by atoms with E-state index in [1.165, 1.54) is 15.7 Å². The van der Waals surface area contributed by atoms with Crippen molar-refractivity contribution in [1.82, 2.24) is 14.7 Å². The van der Waals surface area contributed by atoms with Gasteiger partial charge < -0.3 is 14.9 Å². The Kier molecular flexibility index (Phi) is 5.16. The number of ether oxygens (including phenoxy) is 1. The SMILES string of the molecule is Cc1c(I)cnn1CC12CC3(C)CC(C)(C1)CC(OCCN(C(=O)O)C(=O)O)(C3)C2. The van der Waals surface area contributed by atoms with Gasteiger partial charge in [-0.15, -0.1) is 0 Å². The second-order valence-electron chi connectivity index (χ2n) is 10.7. The largest absolute Gasteiger partial charge is 0.465 e. The van der Waals surface area contributed by atoms with Crippen LogP contribution in [-0.2, 0) is 11.3 Å². The lowest BCUT2D eigenvalue weighted by atomic mass is 9.39. The van der Waals surface area contributed by atoms with Crippen molar-refractivity contribution in [3.05, 3.63) is 15.5 Å². The second-order valence-corrected chi connectivity index (χ2v) is 11.8. The van der Waals surface area contributed by atoms with Crippen LogP contribution >= 0.6 is 22.6 Å². The van der Waals surface area contributed by atoms with Crippen LogP contribution in [0.4, 0.5) is 9.59 Å². The first-order valence-electron chi connectivity index (χ1n) is 10.4. The van der Waals surface area contributed by atoms with E-state index in [2.05, 4.69) is 53.1 Å². The summed E-state index contributed by atoms with van der Waals surface area (Å²) in [6.07, 6.45) is 5.28. The van der Waals surface area contributed by atoms with Gasteiger partial charge in [-0.3, -0.25) is 4.68 Å². The third-order valence-electron chi connectivity index (χ3n) is 7.37. The summed E-state index contributed by atoms with van der Waals surface area (Å²) in [5.41, 5.74) is 1.32. The Hall–Kier alpha value is -1.36. The maximum Gasteiger partial charge on any atom is 0.416 e. The molecular weight excluding hydrogens is 501 g/mol. The highest BCUT2D eigenvalue weighted by Crippen LogP contribution is 2.72. The predicted molar refractivity (Wildman–Crippen MR) is 117 cm³/mol. The van der Waals surface area contributed by atoms with E-state index in [4.69, 9.17) is 14.9 Å². The van der Waals surface area contributed by atoms with Crippen LogP contribution in [0.25, 0.3) is 0 Å². The molecule has 2 unspecified atom stereocenters. The lowest BCUT2D eigenvalue weighted by molar-refractivity contribution is -0.248. The number of halogens is 1. The molecule has 4 saturated carbocycles. The van der Waals surface area contributed by atoms with Gasteiger partial charge in [0.25, 0.3) is 0 Å². The van der Waals surface area contributed by atoms with E-state index in [-0.39, 0.29) is 35.0 Å². The van der Waals surface area contributed by atoms with E-state index < -0.39 is 12.2 Å². The molecule has 4 aliphatic carbocycles. The average Bonchev–Trinajstić information content (AvgIpc) is 2.86. The van der Waals surface area contributed by atoms with Crippen LogP contribution in [-0.4, -0.2) is 55.8 Å². The molecule has 0 aromatic carbocycles. The summed E-state index contributed by atoms with van der Waals surface area (Å²) < 4.78 is 9.70. The minimum Gasteiger partial charge on any atom is -0.465 e. The molecule has 4 bridgehead atoms. The van der Waals surface area contributed by atoms with Crippen molar-refractivity contribution < 1.29 is 24.5 Å². The van der Waals surface area contributed by atoms with Gasteiger partial charge in [0.15, 0.2) is 0 Å². The van der Waals surface area contributed by atoms with Crippen LogP contribution in [0, 0.1) is 26.7 Å². The smallest absolute Gasteiger partial charge is 0.416 e. The molecule has 2 amide bonds. The zero-order chi connectivity index (χ0) is 21.9. The summed E-state index contributed by atoms with van der Waals surface area (Å²) in [5, 5.41) is 22.8. The van der Waals surface area contributed by atoms with Crippen molar-refractivity contribution in [2.24, 2.45) is 16.2 Å². The van der Waals surface area contributed by atoms with Crippen LogP contribution in [0.15, 0.2) is 6.20 Å². The molecule has 2 N–H and O–H groups in total. The van der Waals surface area contributed by atoms with Gasteiger partial charge in [0.05, 0.1) is 28.5 Å². The number of hydrogen-bond acceptors (Lipinski definition) is 4. The Bertz CT molecular complexity index is 852. The Morgan fingerprint density at radius 2 is 1.73 bits per heavy atom. The minimum absolute atomic E-state index is 0.0946. The summed E-state index contributed by atoms with van der Waals surface area (Å²) >= 11 is 2.32. The molecule has 2 atom stereocenters. The normalized spacial score (nSPS) is 36.8. The molecule has 0 radical (unpaired) electrons. The standard InChI is InChI=1S/C21H30IN3O5/c1-14-15(22)6-23-25(14)13-20-8-18(2)7-19(3,9-20)11-21(10-18,12-20)30-5-4-24(16(26)27)17(28)29/h6H,4-5,7-13H2,1-3H3,(H,26,27)(H,28,29). The second kappa shape index (κ2) is 7.08. The van der Waals surface area contributed by atoms with Gasteiger partial charge in [-0.2, -0.15) is 5.10 Å². The Morgan fingerprint density at radius 1 is 1.13 bits per heavy atom. The van der Waals surface area contributed by atoms with Crippen molar-refractivity contribution in [1.29, 1.82) is 0 Å². The summed E-state index contributed by atoms with van der Waals surface area (Å²) in [7, 11) is 0. The molecule has 5 rings (SSSR count). The lowest BCUT2D eigenvalue weighted by Gasteiger charge is -2.69. The van der Waals surface area contributed by atoms with Gasteiger partial charge in [0.2, 0.25) is 0 Å². The topological polar surface area (TPSA) is 105 Å². The molecule has 1 aromatic rings. The number of hydrogen-bond donors (Lipinski definition) is 2. The quantitative estimate of drug-likeness (QED) is 0.521. The Balaban J connectivity index is 1.56. The number of rotatable bonds is 6. The van der Waals surface area contributed by atoms with Crippen molar-refractivity contribution in [3.63, 3.8) is 0 Å². The first-order valence-corrected chi connectivity index (χ1v) is 11.5. The van der Waals surface area contributed by atoms with E-state index in [9.17, 15) is 9.59 Å². The Morgan fingerprint density at radius 3 is 2.23 bits per heavy atom. The number of aromatic nitrogens is 2. The molecule has 4 fully saturated rings. The van der Waals surface area contributed by atoms with Crippen LogP contribution in [0.2, 0.25) is 0 Å². The van der Waals surface area contributed by atoms with Gasteiger partial charge >= 0.3 is 12.2 Å². The van der Waals surface area contributed by atoms with Gasteiger partial charge in [-0.25, -0.2) is 14.5 Å². The third kappa shape index (κ3) is 3.83. The summed E-state index contributed by atoms with van der Waals surface area (Å²) in [5.74, 6) is 0. The van der Waals surface area contributed by atoms with Gasteiger partial charge in [0.1, 0.15) is 0 Å². The van der Waals surface area contributed by atoms with E-state index in [1.54, 1.807) is 0 Å². The Labute approximate surface area is 190 Å². The van der Waals surface area contributed by atoms with Crippen LogP contribution in [0.3, 0.4) is 0 Å². The summed E-state index contributed by atoms with van der Waals surface area (Å²) in [6.45, 7) is 7.63. The molecule has 30 heavy (non-hydrogen) atoms. The zero-order valence-electron chi connectivity index (χ0n) is 17.8. The van der Waals surface area contributed by atoms with Gasteiger partial charge in [-0.1, -0.05) is 13.8 Å². The molecule has 166 valence electrons. The predicted octanol–water partition coefficient (Wildman–Crippen LogP) is 4.59.